The van der Waals surface area contributed by atoms with Crippen molar-refractivity contribution in [2.45, 2.75) is 82.8 Å². The van der Waals surface area contributed by atoms with Crippen LogP contribution < -0.4 is 0 Å². The van der Waals surface area contributed by atoms with Crippen molar-refractivity contribution in [1.29, 1.82) is 0 Å². The molecule has 170 valence electrons. The van der Waals surface area contributed by atoms with E-state index in [1.54, 1.807) is 0 Å². The lowest BCUT2D eigenvalue weighted by Crippen LogP contribution is -2.57. The summed E-state index contributed by atoms with van der Waals surface area (Å²) in [7, 11) is 0. The first-order valence-electron chi connectivity index (χ1n) is 11.1. The number of allylic oxidation sites excluding steroid dienone is 1. The van der Waals surface area contributed by atoms with Gasteiger partial charge in [0.25, 0.3) is 0 Å². The van der Waals surface area contributed by atoms with Gasteiger partial charge < -0.3 is 9.84 Å². The minimum atomic E-state index is -4.16. The third-order valence-electron chi connectivity index (χ3n) is 9.14. The number of ether oxygens (including phenoxy) is 1. The SMILES string of the molecule is CC12CCC(C34CCC(OC(F)(F)c5ccc(O)c(F)c5F)(C=C3F)CC4)(CC1)CC2. The minimum absolute atomic E-state index is 0.118. The molecule has 2 nitrogen and oxygen atoms in total. The second kappa shape index (κ2) is 6.46. The number of hydrogen-bond donors (Lipinski definition) is 1. The lowest BCUT2D eigenvalue weighted by Gasteiger charge is -2.64. The van der Waals surface area contributed by atoms with E-state index in [2.05, 4.69) is 6.92 Å². The Hall–Kier alpha value is -1.63. The van der Waals surface area contributed by atoms with Gasteiger partial charge in [-0.15, -0.1) is 0 Å². The second-order valence-corrected chi connectivity index (χ2v) is 10.6. The highest BCUT2D eigenvalue weighted by Gasteiger charge is 2.64. The molecular formula is C24H27F5O2. The van der Waals surface area contributed by atoms with E-state index in [1.807, 2.05) is 0 Å². The van der Waals surface area contributed by atoms with Crippen LogP contribution in [0, 0.1) is 27.9 Å². The first kappa shape index (κ1) is 21.2. The minimum Gasteiger partial charge on any atom is -0.505 e. The lowest BCUT2D eigenvalue weighted by molar-refractivity contribution is -0.310. The maximum atomic E-state index is 15.7. The zero-order chi connectivity index (χ0) is 22.3. The smallest absolute Gasteiger partial charge is 0.387 e. The first-order valence-corrected chi connectivity index (χ1v) is 11.1. The molecule has 31 heavy (non-hydrogen) atoms. The van der Waals surface area contributed by atoms with Crippen molar-refractivity contribution < 1.29 is 31.8 Å². The molecule has 4 fully saturated rings. The third kappa shape index (κ3) is 2.91. The zero-order valence-corrected chi connectivity index (χ0v) is 17.5. The van der Waals surface area contributed by atoms with Crippen molar-refractivity contribution in [3.8, 4) is 5.75 Å². The maximum absolute atomic E-state index is 15.7. The molecule has 1 N–H and O–H groups in total. The molecule has 4 bridgehead atoms. The summed E-state index contributed by atoms with van der Waals surface area (Å²) in [5.41, 5.74) is -3.24. The van der Waals surface area contributed by atoms with E-state index in [-0.39, 0.29) is 24.1 Å². The van der Waals surface area contributed by atoms with Gasteiger partial charge in [-0.2, -0.15) is 13.2 Å². The van der Waals surface area contributed by atoms with E-state index in [0.717, 1.165) is 38.5 Å². The van der Waals surface area contributed by atoms with Crippen LogP contribution in [-0.2, 0) is 10.8 Å². The summed E-state index contributed by atoms with van der Waals surface area (Å²) in [5, 5.41) is 9.21. The van der Waals surface area contributed by atoms with Crippen LogP contribution >= 0.6 is 0 Å². The standard InChI is InChI=1S/C24H27F5O2/c1-20-4-7-21(8-5-20,9-6-20)23-12-10-22(11-13-23,14-17(23)25)31-24(28,29)15-2-3-16(30)19(27)18(15)26/h2-3,14,30H,4-13H2,1H3. The van der Waals surface area contributed by atoms with Crippen LogP contribution in [0.4, 0.5) is 22.0 Å². The van der Waals surface area contributed by atoms with Crippen molar-refractivity contribution in [2.75, 3.05) is 0 Å². The fraction of sp³-hybridized carbons (Fsp3) is 0.667. The number of halogens is 5. The fourth-order valence-electron chi connectivity index (χ4n) is 6.93. The van der Waals surface area contributed by atoms with Crippen LogP contribution in [0.3, 0.4) is 0 Å². The average Bonchev–Trinajstić information content (AvgIpc) is 2.72. The molecule has 6 aliphatic carbocycles. The topological polar surface area (TPSA) is 29.5 Å². The Morgan fingerprint density at radius 1 is 0.839 bits per heavy atom. The highest BCUT2D eigenvalue weighted by molar-refractivity contribution is 5.33. The second-order valence-electron chi connectivity index (χ2n) is 10.6. The Labute approximate surface area is 178 Å². The van der Waals surface area contributed by atoms with Gasteiger partial charge in [0.05, 0.1) is 11.2 Å². The highest BCUT2D eigenvalue weighted by Crippen LogP contribution is 2.71. The molecule has 7 rings (SSSR count). The Morgan fingerprint density at radius 3 is 1.97 bits per heavy atom. The van der Waals surface area contributed by atoms with Gasteiger partial charge in [0.15, 0.2) is 11.6 Å². The Kier molecular flexibility index (Phi) is 4.42. The van der Waals surface area contributed by atoms with Crippen molar-refractivity contribution in [3.05, 3.63) is 41.2 Å². The quantitative estimate of drug-likeness (QED) is 0.497. The van der Waals surface area contributed by atoms with Crippen LogP contribution in [0.1, 0.15) is 76.7 Å². The number of hydrogen-bond acceptors (Lipinski definition) is 2. The number of phenols is 1. The van der Waals surface area contributed by atoms with E-state index < -0.39 is 40.1 Å². The average molecular weight is 442 g/mol. The number of alkyl halides is 2. The van der Waals surface area contributed by atoms with E-state index in [9.17, 15) is 22.7 Å². The molecule has 1 aromatic carbocycles. The van der Waals surface area contributed by atoms with Gasteiger partial charge in [-0.3, -0.25) is 0 Å². The van der Waals surface area contributed by atoms with E-state index in [4.69, 9.17) is 4.74 Å². The number of rotatable bonds is 4. The van der Waals surface area contributed by atoms with E-state index in [0.29, 0.717) is 30.4 Å². The van der Waals surface area contributed by atoms with Crippen LogP contribution in [0.25, 0.3) is 0 Å². The normalized spacial score (nSPS) is 39.6. The van der Waals surface area contributed by atoms with E-state index in [1.165, 1.54) is 6.08 Å². The van der Waals surface area contributed by atoms with Crippen molar-refractivity contribution in [3.63, 3.8) is 0 Å². The molecule has 0 aliphatic heterocycles. The molecule has 0 unspecified atom stereocenters. The van der Waals surface area contributed by atoms with Crippen LogP contribution in [0.2, 0.25) is 0 Å². The van der Waals surface area contributed by atoms with Gasteiger partial charge in [-0.1, -0.05) is 6.92 Å². The Bertz CT molecular complexity index is 921. The monoisotopic (exact) mass is 442 g/mol. The molecule has 0 saturated heterocycles. The van der Waals surface area contributed by atoms with Crippen molar-refractivity contribution in [1.82, 2.24) is 0 Å². The summed E-state index contributed by atoms with van der Waals surface area (Å²) in [6, 6.07) is 1.26. The van der Waals surface area contributed by atoms with Gasteiger partial charge >= 0.3 is 6.11 Å². The van der Waals surface area contributed by atoms with Gasteiger partial charge in [-0.25, -0.2) is 8.78 Å². The highest BCUT2D eigenvalue weighted by atomic mass is 19.3. The summed E-state index contributed by atoms with van der Waals surface area (Å²) in [6.45, 7) is 2.30. The number of benzene rings is 1. The van der Waals surface area contributed by atoms with Gasteiger partial charge in [0.1, 0.15) is 5.83 Å². The predicted molar refractivity (Wildman–Crippen MR) is 104 cm³/mol. The largest absolute Gasteiger partial charge is 0.505 e. The summed E-state index contributed by atoms with van der Waals surface area (Å²) < 4.78 is 78.2. The summed E-state index contributed by atoms with van der Waals surface area (Å²) in [5.74, 6) is -5.05. The molecule has 0 heterocycles. The van der Waals surface area contributed by atoms with Crippen LogP contribution in [0.5, 0.6) is 5.75 Å². The van der Waals surface area contributed by atoms with Crippen LogP contribution in [0.15, 0.2) is 24.0 Å². The van der Waals surface area contributed by atoms with Gasteiger partial charge in [0.2, 0.25) is 5.82 Å². The molecular weight excluding hydrogens is 415 g/mol. The number of phenolic OH excluding ortho intramolecular Hbond substituents is 1. The molecule has 7 heteroatoms. The Morgan fingerprint density at radius 2 is 1.42 bits per heavy atom. The molecule has 0 atom stereocenters. The maximum Gasteiger partial charge on any atom is 0.387 e. The van der Waals surface area contributed by atoms with Crippen molar-refractivity contribution in [2.24, 2.45) is 16.2 Å². The molecule has 0 spiro atoms. The number of fused-ring (bicyclic) bond motifs is 5. The fourth-order valence-corrected chi connectivity index (χ4v) is 6.93. The molecule has 6 aliphatic rings. The molecule has 0 radical (unpaired) electrons. The lowest BCUT2D eigenvalue weighted by atomic mass is 9.41. The Balaban J connectivity index is 1.44. The molecule has 0 amide bonds. The number of aromatic hydroxyl groups is 1. The summed E-state index contributed by atoms with van der Waals surface area (Å²) in [6.07, 6.45) is 4.44. The third-order valence-corrected chi connectivity index (χ3v) is 9.14. The van der Waals surface area contributed by atoms with Gasteiger partial charge in [-0.05, 0) is 93.2 Å². The summed E-state index contributed by atoms with van der Waals surface area (Å²) >= 11 is 0. The molecule has 1 aromatic rings. The first-order chi connectivity index (χ1) is 14.5. The van der Waals surface area contributed by atoms with Crippen molar-refractivity contribution >= 4 is 0 Å². The zero-order valence-electron chi connectivity index (χ0n) is 17.5. The van der Waals surface area contributed by atoms with Crippen LogP contribution in [-0.4, -0.2) is 10.7 Å². The van der Waals surface area contributed by atoms with Gasteiger partial charge in [0, 0.05) is 5.41 Å². The molecule has 0 aromatic heterocycles. The van der Waals surface area contributed by atoms with E-state index >= 15 is 4.39 Å². The summed E-state index contributed by atoms with van der Waals surface area (Å²) in [4.78, 5) is 0. The molecule has 4 saturated carbocycles. The predicted octanol–water partition coefficient (Wildman–Crippen LogP) is 7.26.